The van der Waals surface area contributed by atoms with Crippen molar-refractivity contribution < 1.29 is 15.1 Å². The van der Waals surface area contributed by atoms with E-state index in [1.807, 2.05) is 0 Å². The molecule has 124 valence electrons. The van der Waals surface area contributed by atoms with Crippen LogP contribution in [-0.2, 0) is 6.61 Å². The number of aliphatic hydroxyl groups excluding tert-OH is 1. The molecule has 24 heavy (non-hydrogen) atoms. The monoisotopic (exact) mass is 330 g/mol. The van der Waals surface area contributed by atoms with Gasteiger partial charge in [0.2, 0.25) is 0 Å². The minimum absolute atomic E-state index is 0.0673. The van der Waals surface area contributed by atoms with E-state index in [-0.39, 0.29) is 39.5 Å². The molecule has 0 aliphatic heterocycles. The summed E-state index contributed by atoms with van der Waals surface area (Å²) in [7, 11) is 0. The maximum Gasteiger partial charge on any atom is 0.274 e. The molecule has 2 rings (SSSR count). The lowest BCUT2D eigenvalue weighted by Crippen LogP contribution is -2.17. The molecule has 0 saturated heterocycles. The van der Waals surface area contributed by atoms with E-state index >= 15 is 0 Å². The molecule has 1 aromatic heterocycles. The van der Waals surface area contributed by atoms with Crippen LogP contribution in [-0.4, -0.2) is 20.1 Å². The topological polar surface area (TPSA) is 171 Å². The van der Waals surface area contributed by atoms with Crippen LogP contribution in [0.5, 0.6) is 5.75 Å². The molecule has 2 aromatic rings. The highest BCUT2D eigenvalue weighted by Gasteiger charge is 2.26. The zero-order chi connectivity index (χ0) is 17.9. The summed E-state index contributed by atoms with van der Waals surface area (Å²) in [6.07, 6.45) is 1.35. The number of nitro groups is 1. The maximum atomic E-state index is 11.3. The Kier molecular flexibility index (Phi) is 4.95. The second-order valence-corrected chi connectivity index (χ2v) is 4.96. The number of pyridine rings is 1. The standard InChI is InChI=1S/C14H14N6O4/c1-7-14(22)12(8(6-21)5-17-7)13(15)10-3-2-9(18-19-16)4-11(10)20(23)24/h2-5,13,21-22H,6,15H2,1H3. The molecule has 0 aliphatic carbocycles. The first kappa shape index (κ1) is 17.2. The summed E-state index contributed by atoms with van der Waals surface area (Å²) in [5.74, 6) is -0.234. The summed E-state index contributed by atoms with van der Waals surface area (Å²) in [4.78, 5) is 17.2. The molecule has 1 heterocycles. The first-order valence-corrected chi connectivity index (χ1v) is 6.77. The molecule has 0 fully saturated rings. The Morgan fingerprint density at radius 2 is 2.25 bits per heavy atom. The number of nitrogens with two attached hydrogens (primary N) is 1. The van der Waals surface area contributed by atoms with Crippen molar-refractivity contribution in [1.82, 2.24) is 4.98 Å². The molecule has 0 bridgehead atoms. The summed E-state index contributed by atoms with van der Waals surface area (Å²) in [5, 5.41) is 34.3. The van der Waals surface area contributed by atoms with Gasteiger partial charge in [-0.2, -0.15) is 0 Å². The Balaban J connectivity index is 2.66. The fraction of sp³-hybridized carbons (Fsp3) is 0.214. The predicted octanol–water partition coefficient (Wildman–Crippen LogP) is 2.49. The molecule has 0 spiro atoms. The zero-order valence-corrected chi connectivity index (χ0v) is 12.6. The van der Waals surface area contributed by atoms with Crippen LogP contribution in [0.4, 0.5) is 11.4 Å². The van der Waals surface area contributed by atoms with Crippen molar-refractivity contribution in [2.24, 2.45) is 10.8 Å². The number of hydrogen-bond acceptors (Lipinski definition) is 7. The van der Waals surface area contributed by atoms with Gasteiger partial charge in [-0.3, -0.25) is 15.1 Å². The Labute approximate surface area is 136 Å². The lowest BCUT2D eigenvalue weighted by molar-refractivity contribution is -0.385. The number of aryl methyl sites for hydroxylation is 1. The summed E-state index contributed by atoms with van der Waals surface area (Å²) < 4.78 is 0. The Hall–Kier alpha value is -3.20. The number of azide groups is 1. The van der Waals surface area contributed by atoms with Crippen molar-refractivity contribution in [2.75, 3.05) is 0 Å². The third-order valence-corrected chi connectivity index (χ3v) is 3.55. The second kappa shape index (κ2) is 6.92. The van der Waals surface area contributed by atoms with E-state index in [0.29, 0.717) is 0 Å². The van der Waals surface area contributed by atoms with Crippen LogP contribution in [0.25, 0.3) is 10.4 Å². The fourth-order valence-electron chi connectivity index (χ4n) is 2.35. The third-order valence-electron chi connectivity index (χ3n) is 3.55. The number of benzene rings is 1. The van der Waals surface area contributed by atoms with Crippen LogP contribution in [0.1, 0.15) is 28.4 Å². The molecule has 0 amide bonds. The van der Waals surface area contributed by atoms with Gasteiger partial charge in [-0.05, 0) is 18.5 Å². The number of hydrogen-bond donors (Lipinski definition) is 3. The van der Waals surface area contributed by atoms with Gasteiger partial charge in [0.15, 0.2) is 0 Å². The second-order valence-electron chi connectivity index (χ2n) is 4.96. The van der Waals surface area contributed by atoms with Crippen molar-refractivity contribution in [3.8, 4) is 5.75 Å². The van der Waals surface area contributed by atoms with Gasteiger partial charge in [-0.25, -0.2) is 0 Å². The van der Waals surface area contributed by atoms with Crippen molar-refractivity contribution in [2.45, 2.75) is 19.6 Å². The molecule has 0 radical (unpaired) electrons. The number of nitro benzene ring substituents is 1. The van der Waals surface area contributed by atoms with E-state index in [1.54, 1.807) is 6.92 Å². The van der Waals surface area contributed by atoms with E-state index < -0.39 is 17.6 Å². The van der Waals surface area contributed by atoms with Crippen LogP contribution in [0, 0.1) is 17.0 Å². The Morgan fingerprint density at radius 1 is 1.54 bits per heavy atom. The van der Waals surface area contributed by atoms with Gasteiger partial charge in [-0.15, -0.1) is 0 Å². The molecule has 1 atom stereocenters. The molecule has 0 saturated carbocycles. The highest BCUT2D eigenvalue weighted by atomic mass is 16.6. The average molecular weight is 330 g/mol. The maximum absolute atomic E-state index is 11.3. The number of aliphatic hydroxyl groups is 1. The van der Waals surface area contributed by atoms with Gasteiger partial charge >= 0.3 is 0 Å². The van der Waals surface area contributed by atoms with Gasteiger partial charge < -0.3 is 15.9 Å². The molecular weight excluding hydrogens is 316 g/mol. The van der Waals surface area contributed by atoms with E-state index in [9.17, 15) is 20.3 Å². The minimum atomic E-state index is -1.07. The molecule has 1 unspecified atom stereocenters. The first-order chi connectivity index (χ1) is 11.4. The third kappa shape index (κ3) is 3.10. The number of aromatic nitrogens is 1. The number of nitrogens with zero attached hydrogens (tertiary/aromatic N) is 5. The fourth-order valence-corrected chi connectivity index (χ4v) is 2.35. The van der Waals surface area contributed by atoms with Crippen LogP contribution in [0.3, 0.4) is 0 Å². The van der Waals surface area contributed by atoms with Crippen molar-refractivity contribution in [3.05, 3.63) is 67.3 Å². The van der Waals surface area contributed by atoms with Crippen LogP contribution < -0.4 is 5.73 Å². The number of rotatable bonds is 5. The number of aromatic hydroxyl groups is 1. The largest absolute Gasteiger partial charge is 0.506 e. The van der Waals surface area contributed by atoms with E-state index in [2.05, 4.69) is 15.0 Å². The molecule has 1 aromatic carbocycles. The van der Waals surface area contributed by atoms with E-state index in [4.69, 9.17) is 11.3 Å². The quantitative estimate of drug-likeness (QED) is 0.250. The van der Waals surface area contributed by atoms with Gasteiger partial charge in [0.05, 0.1) is 28.8 Å². The summed E-state index contributed by atoms with van der Waals surface area (Å²) in [5.41, 5.74) is 15.1. The predicted molar refractivity (Wildman–Crippen MR) is 84.5 cm³/mol. The Morgan fingerprint density at radius 3 is 2.83 bits per heavy atom. The molecular formula is C14H14N6O4. The first-order valence-electron chi connectivity index (χ1n) is 6.77. The van der Waals surface area contributed by atoms with Gasteiger partial charge in [0.1, 0.15) is 5.75 Å². The van der Waals surface area contributed by atoms with Crippen molar-refractivity contribution in [1.29, 1.82) is 0 Å². The van der Waals surface area contributed by atoms with E-state index in [0.717, 1.165) is 6.07 Å². The summed E-state index contributed by atoms with van der Waals surface area (Å²) in [6, 6.07) is 2.75. The van der Waals surface area contributed by atoms with Crippen LogP contribution >= 0.6 is 0 Å². The normalized spacial score (nSPS) is 11.6. The van der Waals surface area contributed by atoms with Crippen LogP contribution in [0.2, 0.25) is 0 Å². The van der Waals surface area contributed by atoms with Crippen molar-refractivity contribution in [3.63, 3.8) is 0 Å². The van der Waals surface area contributed by atoms with Gasteiger partial charge in [0, 0.05) is 34.0 Å². The van der Waals surface area contributed by atoms with E-state index in [1.165, 1.54) is 18.3 Å². The molecule has 10 heteroatoms. The lowest BCUT2D eigenvalue weighted by atomic mass is 9.93. The van der Waals surface area contributed by atoms with Crippen LogP contribution in [0.15, 0.2) is 29.5 Å². The summed E-state index contributed by atoms with van der Waals surface area (Å²) >= 11 is 0. The lowest BCUT2D eigenvalue weighted by Gasteiger charge is -2.18. The average Bonchev–Trinajstić information content (AvgIpc) is 2.56. The smallest absolute Gasteiger partial charge is 0.274 e. The van der Waals surface area contributed by atoms with Crippen molar-refractivity contribution >= 4 is 11.4 Å². The highest BCUT2D eigenvalue weighted by Crippen LogP contribution is 2.37. The minimum Gasteiger partial charge on any atom is -0.506 e. The molecule has 0 aliphatic rings. The van der Waals surface area contributed by atoms with Gasteiger partial charge in [-0.1, -0.05) is 11.2 Å². The Bertz CT molecular complexity index is 847. The molecule has 4 N–H and O–H groups in total. The SMILES string of the molecule is Cc1ncc(CO)c(C(N)c2ccc(N=[N+]=[N-])cc2[N+](=O)[O-])c1O. The molecule has 10 nitrogen and oxygen atoms in total. The highest BCUT2D eigenvalue weighted by molar-refractivity contribution is 5.57. The van der Waals surface area contributed by atoms with Gasteiger partial charge in [0.25, 0.3) is 5.69 Å². The zero-order valence-electron chi connectivity index (χ0n) is 12.6. The summed E-state index contributed by atoms with van der Waals surface area (Å²) in [6.45, 7) is 1.11.